The van der Waals surface area contributed by atoms with Gasteiger partial charge in [0.15, 0.2) is 0 Å². The Bertz CT molecular complexity index is 147. The molecule has 0 saturated carbocycles. The fourth-order valence-corrected chi connectivity index (χ4v) is 1.39. The van der Waals surface area contributed by atoms with Gasteiger partial charge in [0.2, 0.25) is 5.91 Å². The van der Waals surface area contributed by atoms with Gasteiger partial charge in [0.25, 0.3) is 0 Å². The molecular weight excluding hydrogens is 116 g/mol. The van der Waals surface area contributed by atoms with E-state index in [1.807, 2.05) is 4.90 Å². The standard InChI is InChI=1S/C6H10N2O/c1-4(9)8-2-5-6(3-8)7-5/h5-7H,2-3H2,1H3/t5-,6-/m0/s1. The number of nitrogens with one attached hydrogen (secondary N) is 1. The molecule has 0 aromatic carbocycles. The summed E-state index contributed by atoms with van der Waals surface area (Å²) in [6, 6.07) is 1.27. The monoisotopic (exact) mass is 126 g/mol. The molecule has 50 valence electrons. The highest BCUT2D eigenvalue weighted by Gasteiger charge is 2.45. The molecule has 0 spiro atoms. The van der Waals surface area contributed by atoms with Crippen LogP contribution in [0.3, 0.4) is 0 Å². The van der Waals surface area contributed by atoms with Gasteiger partial charge in [0, 0.05) is 32.1 Å². The summed E-state index contributed by atoms with van der Waals surface area (Å²) < 4.78 is 0. The predicted octanol–water partition coefficient (Wildman–Crippen LogP) is -0.811. The minimum atomic E-state index is 0.212. The lowest BCUT2D eigenvalue weighted by molar-refractivity contribution is -0.128. The van der Waals surface area contributed by atoms with Crippen molar-refractivity contribution >= 4 is 5.91 Å². The van der Waals surface area contributed by atoms with E-state index in [4.69, 9.17) is 0 Å². The summed E-state index contributed by atoms with van der Waals surface area (Å²) in [7, 11) is 0. The molecule has 0 aromatic heterocycles. The molecule has 0 aromatic rings. The van der Waals surface area contributed by atoms with Crippen LogP contribution in [0.2, 0.25) is 0 Å². The van der Waals surface area contributed by atoms with Gasteiger partial charge >= 0.3 is 0 Å². The van der Waals surface area contributed by atoms with Gasteiger partial charge in [0.1, 0.15) is 0 Å². The van der Waals surface area contributed by atoms with Crippen molar-refractivity contribution < 1.29 is 4.79 Å². The molecule has 0 radical (unpaired) electrons. The third-order valence-corrected chi connectivity index (χ3v) is 2.08. The summed E-state index contributed by atoms with van der Waals surface area (Å²) in [5, 5.41) is 3.26. The van der Waals surface area contributed by atoms with Crippen molar-refractivity contribution in [1.29, 1.82) is 0 Å². The number of likely N-dealkylation sites (tertiary alicyclic amines) is 1. The number of hydrogen-bond donors (Lipinski definition) is 1. The Kier molecular flexibility index (Phi) is 0.858. The van der Waals surface area contributed by atoms with E-state index in [-0.39, 0.29) is 5.91 Å². The smallest absolute Gasteiger partial charge is 0.219 e. The van der Waals surface area contributed by atoms with Crippen molar-refractivity contribution in [2.45, 2.75) is 19.0 Å². The average Bonchev–Trinajstić information content (AvgIpc) is 2.40. The van der Waals surface area contributed by atoms with E-state index in [2.05, 4.69) is 5.32 Å². The van der Waals surface area contributed by atoms with Crippen molar-refractivity contribution in [3.63, 3.8) is 0 Å². The molecule has 0 aliphatic carbocycles. The summed E-state index contributed by atoms with van der Waals surface area (Å²) in [4.78, 5) is 12.6. The molecule has 0 unspecified atom stereocenters. The molecule has 2 heterocycles. The molecule has 2 rings (SSSR count). The van der Waals surface area contributed by atoms with Crippen LogP contribution in [-0.4, -0.2) is 36.0 Å². The highest BCUT2D eigenvalue weighted by atomic mass is 16.2. The Balaban J connectivity index is 1.97. The number of nitrogens with zero attached hydrogens (tertiary/aromatic N) is 1. The summed E-state index contributed by atoms with van der Waals surface area (Å²) >= 11 is 0. The predicted molar refractivity (Wildman–Crippen MR) is 33.0 cm³/mol. The lowest BCUT2D eigenvalue weighted by Crippen LogP contribution is -2.31. The first-order valence-corrected chi connectivity index (χ1v) is 3.29. The SMILES string of the molecule is CC(=O)N1C[C@@H]2N[C@H]2C1. The lowest BCUT2D eigenvalue weighted by Gasteiger charge is -2.14. The van der Waals surface area contributed by atoms with Crippen LogP contribution in [0.4, 0.5) is 0 Å². The van der Waals surface area contributed by atoms with E-state index < -0.39 is 0 Å². The van der Waals surface area contributed by atoms with Gasteiger partial charge in [-0.3, -0.25) is 4.79 Å². The largest absolute Gasteiger partial charge is 0.340 e. The van der Waals surface area contributed by atoms with Gasteiger partial charge < -0.3 is 10.2 Å². The van der Waals surface area contributed by atoms with Crippen LogP contribution >= 0.6 is 0 Å². The second-order valence-electron chi connectivity index (χ2n) is 2.80. The van der Waals surface area contributed by atoms with Crippen molar-refractivity contribution in [2.24, 2.45) is 0 Å². The zero-order valence-electron chi connectivity index (χ0n) is 5.42. The molecule has 2 aliphatic rings. The minimum absolute atomic E-state index is 0.212. The van der Waals surface area contributed by atoms with Crippen LogP contribution in [0, 0.1) is 0 Å². The number of rotatable bonds is 0. The van der Waals surface area contributed by atoms with Gasteiger partial charge in [-0.2, -0.15) is 0 Å². The van der Waals surface area contributed by atoms with Gasteiger partial charge in [-0.25, -0.2) is 0 Å². The van der Waals surface area contributed by atoms with Gasteiger partial charge in [-0.05, 0) is 0 Å². The number of carbonyl (C=O) groups is 1. The maximum atomic E-state index is 10.7. The number of amides is 1. The van der Waals surface area contributed by atoms with Crippen LogP contribution in [0.1, 0.15) is 6.92 Å². The number of fused-ring (bicyclic) bond motifs is 1. The Morgan fingerprint density at radius 1 is 1.56 bits per heavy atom. The number of carbonyl (C=O) groups excluding carboxylic acids is 1. The summed E-state index contributed by atoms with van der Waals surface area (Å²) in [5.74, 6) is 0.212. The molecule has 3 nitrogen and oxygen atoms in total. The fourth-order valence-electron chi connectivity index (χ4n) is 1.39. The van der Waals surface area contributed by atoms with Crippen LogP contribution in [-0.2, 0) is 4.79 Å². The van der Waals surface area contributed by atoms with E-state index in [9.17, 15) is 4.79 Å². The fraction of sp³-hybridized carbons (Fsp3) is 0.833. The second kappa shape index (κ2) is 1.48. The first-order valence-electron chi connectivity index (χ1n) is 3.29. The Labute approximate surface area is 54.0 Å². The van der Waals surface area contributed by atoms with Crippen LogP contribution in [0.5, 0.6) is 0 Å². The van der Waals surface area contributed by atoms with Crippen molar-refractivity contribution in [1.82, 2.24) is 10.2 Å². The molecule has 9 heavy (non-hydrogen) atoms. The minimum Gasteiger partial charge on any atom is -0.340 e. The zero-order chi connectivity index (χ0) is 6.43. The molecule has 2 aliphatic heterocycles. The first-order chi connectivity index (χ1) is 4.27. The van der Waals surface area contributed by atoms with E-state index in [1.165, 1.54) is 0 Å². The Hall–Kier alpha value is -0.570. The molecule has 0 bridgehead atoms. The third kappa shape index (κ3) is 0.721. The topological polar surface area (TPSA) is 42.2 Å². The number of hydrogen-bond acceptors (Lipinski definition) is 2. The summed E-state index contributed by atoms with van der Waals surface area (Å²) in [6.45, 7) is 3.49. The maximum Gasteiger partial charge on any atom is 0.219 e. The quantitative estimate of drug-likeness (QED) is 0.431. The van der Waals surface area contributed by atoms with E-state index in [1.54, 1.807) is 6.92 Å². The molecular formula is C6H10N2O. The maximum absolute atomic E-state index is 10.7. The van der Waals surface area contributed by atoms with Crippen LogP contribution < -0.4 is 5.32 Å². The molecule has 3 heteroatoms. The average molecular weight is 126 g/mol. The lowest BCUT2D eigenvalue weighted by atomic mass is 10.4. The van der Waals surface area contributed by atoms with Gasteiger partial charge in [-0.1, -0.05) is 0 Å². The van der Waals surface area contributed by atoms with Crippen molar-refractivity contribution in [3.8, 4) is 0 Å². The van der Waals surface area contributed by atoms with Gasteiger partial charge in [0.05, 0.1) is 0 Å². The van der Waals surface area contributed by atoms with Crippen molar-refractivity contribution in [2.75, 3.05) is 13.1 Å². The highest BCUT2D eigenvalue weighted by molar-refractivity contribution is 5.74. The first kappa shape index (κ1) is 5.23. The van der Waals surface area contributed by atoms with E-state index in [0.717, 1.165) is 13.1 Å². The Morgan fingerprint density at radius 3 is 2.44 bits per heavy atom. The van der Waals surface area contributed by atoms with Crippen molar-refractivity contribution in [3.05, 3.63) is 0 Å². The normalized spacial score (nSPS) is 38.6. The molecule has 1 N–H and O–H groups in total. The third-order valence-electron chi connectivity index (χ3n) is 2.08. The molecule has 2 atom stereocenters. The molecule has 1 amide bonds. The summed E-state index contributed by atoms with van der Waals surface area (Å²) in [5.41, 5.74) is 0. The summed E-state index contributed by atoms with van der Waals surface area (Å²) in [6.07, 6.45) is 0. The molecule has 2 saturated heterocycles. The van der Waals surface area contributed by atoms with Crippen LogP contribution in [0.15, 0.2) is 0 Å². The molecule has 2 fully saturated rings. The second-order valence-corrected chi connectivity index (χ2v) is 2.80. The number of piperazine rings is 1. The van der Waals surface area contributed by atoms with Crippen LogP contribution in [0.25, 0.3) is 0 Å². The zero-order valence-corrected chi connectivity index (χ0v) is 5.42. The Morgan fingerprint density at radius 2 is 2.11 bits per heavy atom. The van der Waals surface area contributed by atoms with E-state index >= 15 is 0 Å². The van der Waals surface area contributed by atoms with E-state index in [0.29, 0.717) is 12.1 Å². The van der Waals surface area contributed by atoms with Gasteiger partial charge in [-0.15, -0.1) is 0 Å². The highest BCUT2D eigenvalue weighted by Crippen LogP contribution is 2.21.